The van der Waals surface area contributed by atoms with Crippen LogP contribution in [0.1, 0.15) is 34.7 Å². The number of hydrogen-bond donors (Lipinski definition) is 2. The van der Waals surface area contributed by atoms with Crippen LogP contribution >= 0.6 is 0 Å². The highest BCUT2D eigenvalue weighted by molar-refractivity contribution is 5.83. The average molecular weight is 559 g/mol. The van der Waals surface area contributed by atoms with E-state index >= 15 is 0 Å². The number of halogens is 3. The number of methoxy groups -OCH3 is 3. The fourth-order valence-corrected chi connectivity index (χ4v) is 4.79. The number of carbonyl (C=O) groups is 1. The maximum absolute atomic E-state index is 13.0. The van der Waals surface area contributed by atoms with Crippen molar-refractivity contribution in [2.24, 2.45) is 0 Å². The second kappa shape index (κ2) is 11.8. The summed E-state index contributed by atoms with van der Waals surface area (Å²) in [6.45, 7) is -0.231. The number of nitrogens with one attached hydrogen (secondary N) is 2. The fraction of sp³-hybridized carbons (Fsp3) is 0.310. The van der Waals surface area contributed by atoms with Gasteiger partial charge < -0.3 is 29.6 Å². The maximum Gasteiger partial charge on any atom is 0.416 e. The fourth-order valence-electron chi connectivity index (χ4n) is 4.79. The molecule has 0 aromatic heterocycles. The molecule has 1 atom stereocenters. The third-order valence-electron chi connectivity index (χ3n) is 6.75. The lowest BCUT2D eigenvalue weighted by atomic mass is 9.95. The van der Waals surface area contributed by atoms with E-state index in [1.807, 2.05) is 6.07 Å². The van der Waals surface area contributed by atoms with Crippen molar-refractivity contribution in [3.8, 4) is 28.4 Å². The van der Waals surface area contributed by atoms with E-state index in [1.54, 1.807) is 19.2 Å². The molecule has 2 N–H and O–H groups in total. The number of hydrogen-bond acceptors (Lipinski definition) is 7. The zero-order valence-corrected chi connectivity index (χ0v) is 22.4. The lowest BCUT2D eigenvalue weighted by Crippen LogP contribution is -2.29. The molecule has 0 saturated heterocycles. The van der Waals surface area contributed by atoms with Gasteiger partial charge in [0.1, 0.15) is 6.61 Å². The van der Waals surface area contributed by atoms with Crippen LogP contribution in [0.5, 0.6) is 17.2 Å². The summed E-state index contributed by atoms with van der Waals surface area (Å²) in [4.78, 5) is 25.8. The Hall–Kier alpha value is -4.41. The molecule has 1 amide bonds. The number of rotatable bonds is 7. The van der Waals surface area contributed by atoms with Crippen molar-refractivity contribution in [2.45, 2.75) is 31.7 Å². The molecule has 0 spiro atoms. The molecule has 8 nitrogen and oxygen atoms in total. The lowest BCUT2D eigenvalue weighted by Gasteiger charge is -2.20. The van der Waals surface area contributed by atoms with Crippen LogP contribution in [0.3, 0.4) is 0 Å². The first-order valence-electron chi connectivity index (χ1n) is 12.4. The first-order valence-corrected chi connectivity index (χ1v) is 12.4. The van der Waals surface area contributed by atoms with Crippen LogP contribution in [0.25, 0.3) is 11.1 Å². The quantitative estimate of drug-likeness (QED) is 0.383. The minimum Gasteiger partial charge on any atom is -0.493 e. The van der Waals surface area contributed by atoms with E-state index in [0.29, 0.717) is 58.0 Å². The van der Waals surface area contributed by atoms with E-state index < -0.39 is 23.9 Å². The first-order chi connectivity index (χ1) is 19.1. The van der Waals surface area contributed by atoms with Crippen LogP contribution in [0.15, 0.2) is 53.3 Å². The van der Waals surface area contributed by atoms with Crippen LogP contribution in [0.2, 0.25) is 0 Å². The van der Waals surface area contributed by atoms with Crippen LogP contribution in [0, 0.1) is 0 Å². The molecule has 3 aromatic rings. The second-order valence-electron chi connectivity index (χ2n) is 9.06. The predicted molar refractivity (Wildman–Crippen MR) is 143 cm³/mol. The third-order valence-corrected chi connectivity index (χ3v) is 6.75. The zero-order chi connectivity index (χ0) is 29.0. The van der Waals surface area contributed by atoms with Gasteiger partial charge in [-0.05, 0) is 65.4 Å². The van der Waals surface area contributed by atoms with Crippen molar-refractivity contribution in [1.29, 1.82) is 0 Å². The Kier molecular flexibility index (Phi) is 8.41. The SMILES string of the molecule is CNc1ccc2c(cc1=O)[C@@H](NC(=O)OCc1ccc(C(F)(F)F)cc1)CCc1cc(OC)c(OC)c(OC)c1-2. The molecule has 3 aromatic carbocycles. The number of carbonyl (C=O) groups excluding carboxylic acids is 1. The molecule has 1 aliphatic carbocycles. The van der Waals surface area contributed by atoms with E-state index in [2.05, 4.69) is 10.6 Å². The Morgan fingerprint density at radius 1 is 0.975 bits per heavy atom. The largest absolute Gasteiger partial charge is 0.493 e. The molecule has 0 heterocycles. The summed E-state index contributed by atoms with van der Waals surface area (Å²) < 4.78 is 60.7. The van der Waals surface area contributed by atoms with E-state index in [-0.39, 0.29) is 12.0 Å². The summed E-state index contributed by atoms with van der Waals surface area (Å²) in [5.41, 5.74) is 2.44. The van der Waals surface area contributed by atoms with Gasteiger partial charge in [-0.1, -0.05) is 18.2 Å². The topological polar surface area (TPSA) is 95.1 Å². The monoisotopic (exact) mass is 558 g/mol. The van der Waals surface area contributed by atoms with Gasteiger partial charge in [0, 0.05) is 12.6 Å². The molecule has 212 valence electrons. The van der Waals surface area contributed by atoms with E-state index in [4.69, 9.17) is 18.9 Å². The van der Waals surface area contributed by atoms with Crippen molar-refractivity contribution < 1.29 is 36.9 Å². The van der Waals surface area contributed by atoms with Crippen molar-refractivity contribution in [3.05, 3.63) is 81.0 Å². The van der Waals surface area contributed by atoms with Crippen molar-refractivity contribution in [3.63, 3.8) is 0 Å². The maximum atomic E-state index is 13.0. The van der Waals surface area contributed by atoms with E-state index in [9.17, 15) is 22.8 Å². The van der Waals surface area contributed by atoms with Gasteiger partial charge in [0.05, 0.1) is 38.6 Å². The molecule has 0 aliphatic heterocycles. The molecule has 0 bridgehead atoms. The minimum atomic E-state index is -4.46. The van der Waals surface area contributed by atoms with Gasteiger partial charge in [-0.15, -0.1) is 0 Å². The van der Waals surface area contributed by atoms with Gasteiger partial charge in [0.15, 0.2) is 11.5 Å². The molecular weight excluding hydrogens is 529 g/mol. The Bertz CT molecular complexity index is 1460. The smallest absolute Gasteiger partial charge is 0.416 e. The molecule has 1 aliphatic rings. The molecule has 4 rings (SSSR count). The molecular formula is C29H29F3N2O6. The standard InChI is InChI=1S/C29H29F3N2O6/c1-33-22-12-10-19-20(14-23(22)35)21(11-7-17-13-24(37-2)26(38-3)27(39-4)25(17)19)34-28(36)40-15-16-5-8-18(9-6-16)29(30,31)32/h5-6,8-10,12-14,21H,7,11,15H2,1-4H3,(H,33,35)(H,34,36)/t21-/m0/s1. The minimum absolute atomic E-state index is 0.231. The predicted octanol–water partition coefficient (Wildman–Crippen LogP) is 5.71. The molecule has 40 heavy (non-hydrogen) atoms. The van der Waals surface area contributed by atoms with E-state index in [0.717, 1.165) is 17.7 Å². The Labute approximate surface area is 229 Å². The van der Waals surface area contributed by atoms with Gasteiger partial charge in [-0.3, -0.25) is 4.79 Å². The second-order valence-corrected chi connectivity index (χ2v) is 9.06. The Morgan fingerprint density at radius 2 is 1.68 bits per heavy atom. The third kappa shape index (κ3) is 5.78. The van der Waals surface area contributed by atoms with Gasteiger partial charge >= 0.3 is 12.3 Å². The average Bonchev–Trinajstić information content (AvgIpc) is 3.18. The van der Waals surface area contributed by atoms with Crippen LogP contribution in [-0.2, 0) is 23.9 Å². The van der Waals surface area contributed by atoms with Crippen molar-refractivity contribution in [1.82, 2.24) is 5.32 Å². The summed E-state index contributed by atoms with van der Waals surface area (Å²) in [7, 11) is 6.17. The van der Waals surface area contributed by atoms with Crippen LogP contribution < -0.4 is 30.3 Å². The molecule has 0 fully saturated rings. The van der Waals surface area contributed by atoms with Gasteiger partial charge in [-0.2, -0.15) is 13.2 Å². The number of anilines is 1. The summed E-state index contributed by atoms with van der Waals surface area (Å²) in [6.07, 6.45) is -4.34. The number of alkyl carbamates (subject to hydrolysis) is 1. The first kappa shape index (κ1) is 28.6. The molecule has 0 unspecified atom stereocenters. The summed E-state index contributed by atoms with van der Waals surface area (Å²) in [5.74, 6) is 1.29. The summed E-state index contributed by atoms with van der Waals surface area (Å²) >= 11 is 0. The van der Waals surface area contributed by atoms with Gasteiger partial charge in [0.2, 0.25) is 11.2 Å². The van der Waals surface area contributed by atoms with Gasteiger partial charge in [0.25, 0.3) is 0 Å². The molecule has 0 saturated carbocycles. The van der Waals surface area contributed by atoms with Crippen molar-refractivity contribution >= 4 is 11.8 Å². The van der Waals surface area contributed by atoms with Crippen LogP contribution in [0.4, 0.5) is 23.7 Å². The Balaban J connectivity index is 1.70. The number of benzene rings is 2. The van der Waals surface area contributed by atoms with Crippen LogP contribution in [-0.4, -0.2) is 34.5 Å². The highest BCUT2D eigenvalue weighted by atomic mass is 19.4. The summed E-state index contributed by atoms with van der Waals surface area (Å²) in [5, 5.41) is 5.71. The van der Waals surface area contributed by atoms with Crippen molar-refractivity contribution in [2.75, 3.05) is 33.7 Å². The lowest BCUT2D eigenvalue weighted by molar-refractivity contribution is -0.137. The Morgan fingerprint density at radius 3 is 2.27 bits per heavy atom. The summed E-state index contributed by atoms with van der Waals surface area (Å²) in [6, 6.07) is 10.5. The highest BCUT2D eigenvalue weighted by Crippen LogP contribution is 2.50. The highest BCUT2D eigenvalue weighted by Gasteiger charge is 2.31. The molecule has 0 radical (unpaired) electrons. The number of aryl methyl sites for hydroxylation is 1. The zero-order valence-electron chi connectivity index (χ0n) is 22.4. The molecule has 11 heteroatoms. The number of fused-ring (bicyclic) bond motifs is 3. The van der Waals surface area contributed by atoms with Gasteiger partial charge in [-0.25, -0.2) is 4.79 Å². The normalized spacial score (nSPS) is 14.2. The number of amides is 1. The number of ether oxygens (including phenoxy) is 4. The van der Waals surface area contributed by atoms with E-state index in [1.165, 1.54) is 39.5 Å². The number of alkyl halides is 3.